The Hall–Kier alpha value is -1.02. The second-order valence-electron chi connectivity index (χ2n) is 6.26. The van der Waals surface area contributed by atoms with Crippen LogP contribution in [0.25, 0.3) is 0 Å². The third-order valence-electron chi connectivity index (χ3n) is 4.59. The predicted molar refractivity (Wildman–Crippen MR) is 82.8 cm³/mol. The number of hydrogen-bond acceptors (Lipinski definition) is 2. The van der Waals surface area contributed by atoms with Crippen molar-refractivity contribution in [2.75, 3.05) is 0 Å². The summed E-state index contributed by atoms with van der Waals surface area (Å²) in [6.45, 7) is 0. The molecule has 0 aromatic heterocycles. The minimum Gasteiger partial charge on any atom is -0.508 e. The van der Waals surface area contributed by atoms with Crippen LogP contribution in [0.4, 0.5) is 0 Å². The lowest BCUT2D eigenvalue weighted by molar-refractivity contribution is 0.0129. The zero-order chi connectivity index (χ0) is 14.3. The fraction of sp³-hybridized carbons (Fsp3) is 0.667. The molecule has 112 valence electrons. The first-order valence-corrected chi connectivity index (χ1v) is 8.23. The van der Waals surface area contributed by atoms with Gasteiger partial charge in [-0.3, -0.25) is 0 Å². The Morgan fingerprint density at radius 3 is 1.50 bits per heavy atom. The van der Waals surface area contributed by atoms with E-state index in [9.17, 15) is 10.2 Å². The van der Waals surface area contributed by atoms with Crippen LogP contribution in [-0.4, -0.2) is 10.2 Å². The zero-order valence-corrected chi connectivity index (χ0v) is 12.5. The van der Waals surface area contributed by atoms with Crippen LogP contribution in [0.1, 0.15) is 76.2 Å². The van der Waals surface area contributed by atoms with Crippen molar-refractivity contribution in [1.29, 1.82) is 0 Å². The summed E-state index contributed by atoms with van der Waals surface area (Å²) in [6, 6.07) is 7.12. The molecule has 2 N–H and O–H groups in total. The summed E-state index contributed by atoms with van der Waals surface area (Å²) in [4.78, 5) is 0. The largest absolute Gasteiger partial charge is 0.508 e. The van der Waals surface area contributed by atoms with Crippen LogP contribution in [0, 0.1) is 0 Å². The van der Waals surface area contributed by atoms with Crippen molar-refractivity contribution >= 4 is 0 Å². The van der Waals surface area contributed by atoms with Crippen LogP contribution in [-0.2, 0) is 5.60 Å². The molecule has 0 amide bonds. The van der Waals surface area contributed by atoms with Gasteiger partial charge < -0.3 is 10.2 Å². The Morgan fingerprint density at radius 2 is 1.05 bits per heavy atom. The summed E-state index contributed by atoms with van der Waals surface area (Å²) < 4.78 is 0. The van der Waals surface area contributed by atoms with Gasteiger partial charge in [-0.15, -0.1) is 0 Å². The van der Waals surface area contributed by atoms with Crippen molar-refractivity contribution < 1.29 is 10.2 Å². The van der Waals surface area contributed by atoms with E-state index in [0.29, 0.717) is 0 Å². The van der Waals surface area contributed by atoms with Crippen molar-refractivity contribution in [1.82, 2.24) is 0 Å². The number of benzene rings is 1. The van der Waals surface area contributed by atoms with Crippen LogP contribution in [0.15, 0.2) is 24.3 Å². The highest BCUT2D eigenvalue weighted by molar-refractivity contribution is 5.29. The van der Waals surface area contributed by atoms with E-state index in [1.165, 1.54) is 44.9 Å². The smallest absolute Gasteiger partial charge is 0.115 e. The Balaban J connectivity index is 2.04. The molecule has 0 spiro atoms. The molecule has 2 nitrogen and oxygen atoms in total. The molecule has 20 heavy (non-hydrogen) atoms. The van der Waals surface area contributed by atoms with Gasteiger partial charge in [0, 0.05) is 0 Å². The number of aromatic hydroxyl groups is 1. The Bertz CT molecular complexity index is 371. The minimum absolute atomic E-state index is 0.269. The predicted octanol–water partition coefficient (Wildman–Crippen LogP) is 4.88. The van der Waals surface area contributed by atoms with E-state index < -0.39 is 5.60 Å². The van der Waals surface area contributed by atoms with Crippen LogP contribution < -0.4 is 0 Å². The zero-order valence-electron chi connectivity index (χ0n) is 12.5. The van der Waals surface area contributed by atoms with Crippen molar-refractivity contribution in [3.05, 3.63) is 29.8 Å². The molecule has 0 heterocycles. The molecule has 1 fully saturated rings. The number of rotatable bonds is 1. The van der Waals surface area contributed by atoms with Crippen molar-refractivity contribution in [2.24, 2.45) is 0 Å². The van der Waals surface area contributed by atoms with E-state index in [2.05, 4.69) is 0 Å². The van der Waals surface area contributed by atoms with Crippen molar-refractivity contribution in [2.45, 2.75) is 76.2 Å². The van der Waals surface area contributed by atoms with E-state index >= 15 is 0 Å². The second-order valence-corrected chi connectivity index (χ2v) is 6.26. The standard InChI is InChI=1S/C18H28O2/c19-17-12-10-16(11-13-17)18(20)14-8-6-4-2-1-3-5-7-9-15-18/h10-13,19-20H,1-9,14-15H2. The molecular formula is C18H28O2. The van der Waals surface area contributed by atoms with Crippen molar-refractivity contribution in [3.8, 4) is 5.75 Å². The quantitative estimate of drug-likeness (QED) is 0.767. The summed E-state index contributed by atoms with van der Waals surface area (Å²) in [6.07, 6.45) is 13.0. The molecule has 2 heteroatoms. The van der Waals surface area contributed by atoms with Gasteiger partial charge in [0.25, 0.3) is 0 Å². The van der Waals surface area contributed by atoms with Crippen LogP contribution in [0.3, 0.4) is 0 Å². The van der Waals surface area contributed by atoms with Gasteiger partial charge in [-0.05, 0) is 30.5 Å². The lowest BCUT2D eigenvalue weighted by Crippen LogP contribution is -2.25. The lowest BCUT2D eigenvalue weighted by atomic mass is 9.83. The fourth-order valence-corrected chi connectivity index (χ4v) is 3.26. The third-order valence-corrected chi connectivity index (χ3v) is 4.59. The molecule has 0 unspecified atom stereocenters. The highest BCUT2D eigenvalue weighted by Crippen LogP contribution is 2.34. The number of phenols is 1. The van der Waals surface area contributed by atoms with Gasteiger partial charge in [0.1, 0.15) is 5.75 Å². The molecule has 0 saturated heterocycles. The maximum absolute atomic E-state index is 11.0. The average Bonchev–Trinajstić information content (AvgIpc) is 2.43. The molecule has 1 aromatic rings. The highest BCUT2D eigenvalue weighted by atomic mass is 16.3. The molecule has 1 saturated carbocycles. The summed E-state index contributed by atoms with van der Waals surface area (Å²) >= 11 is 0. The first-order valence-electron chi connectivity index (χ1n) is 8.23. The van der Waals surface area contributed by atoms with E-state index in [1.54, 1.807) is 12.1 Å². The molecular weight excluding hydrogens is 248 g/mol. The number of hydrogen-bond donors (Lipinski definition) is 2. The maximum atomic E-state index is 11.0. The number of phenolic OH excluding ortho intramolecular Hbond substituents is 1. The van der Waals surface area contributed by atoms with Gasteiger partial charge in [0.15, 0.2) is 0 Å². The van der Waals surface area contributed by atoms with Gasteiger partial charge in [-0.2, -0.15) is 0 Å². The van der Waals surface area contributed by atoms with Gasteiger partial charge in [0.2, 0.25) is 0 Å². The molecule has 0 aliphatic heterocycles. The van der Waals surface area contributed by atoms with E-state index in [-0.39, 0.29) is 5.75 Å². The molecule has 2 rings (SSSR count). The molecule has 0 radical (unpaired) electrons. The summed E-state index contributed by atoms with van der Waals surface area (Å²) in [7, 11) is 0. The molecule has 1 aliphatic rings. The molecule has 0 bridgehead atoms. The van der Waals surface area contributed by atoms with E-state index in [0.717, 1.165) is 31.2 Å². The van der Waals surface area contributed by atoms with Crippen LogP contribution in [0.5, 0.6) is 5.75 Å². The molecule has 1 aromatic carbocycles. The van der Waals surface area contributed by atoms with Crippen LogP contribution >= 0.6 is 0 Å². The minimum atomic E-state index is -0.701. The average molecular weight is 276 g/mol. The second kappa shape index (κ2) is 7.68. The summed E-state index contributed by atoms with van der Waals surface area (Å²) in [5.41, 5.74) is 0.264. The monoisotopic (exact) mass is 276 g/mol. The summed E-state index contributed by atoms with van der Waals surface area (Å²) in [5, 5.41) is 20.4. The maximum Gasteiger partial charge on any atom is 0.115 e. The SMILES string of the molecule is Oc1ccc(C2(O)CCCCCCCCCCC2)cc1. The third kappa shape index (κ3) is 4.52. The van der Waals surface area contributed by atoms with Crippen LogP contribution in [0.2, 0.25) is 0 Å². The Labute approximate surface area is 122 Å². The first-order chi connectivity index (χ1) is 9.71. The highest BCUT2D eigenvalue weighted by Gasteiger charge is 2.28. The molecule has 0 atom stereocenters. The fourth-order valence-electron chi connectivity index (χ4n) is 3.26. The van der Waals surface area contributed by atoms with Gasteiger partial charge in [-0.25, -0.2) is 0 Å². The topological polar surface area (TPSA) is 40.5 Å². The van der Waals surface area contributed by atoms with E-state index in [4.69, 9.17) is 0 Å². The van der Waals surface area contributed by atoms with Gasteiger partial charge >= 0.3 is 0 Å². The van der Waals surface area contributed by atoms with Gasteiger partial charge in [-0.1, -0.05) is 69.9 Å². The first kappa shape index (κ1) is 15.4. The Morgan fingerprint density at radius 1 is 0.650 bits per heavy atom. The van der Waals surface area contributed by atoms with Crippen molar-refractivity contribution in [3.63, 3.8) is 0 Å². The normalized spacial score (nSPS) is 21.6. The molecule has 1 aliphatic carbocycles. The lowest BCUT2D eigenvalue weighted by Gasteiger charge is -2.29. The van der Waals surface area contributed by atoms with Gasteiger partial charge in [0.05, 0.1) is 5.60 Å². The summed E-state index contributed by atoms with van der Waals surface area (Å²) in [5.74, 6) is 0.269. The Kier molecular flexibility index (Phi) is 5.90. The number of aliphatic hydroxyl groups is 1. The van der Waals surface area contributed by atoms with E-state index in [1.807, 2.05) is 12.1 Å².